The van der Waals surface area contributed by atoms with Crippen LogP contribution in [0.3, 0.4) is 0 Å². The number of esters is 4. The first kappa shape index (κ1) is 101. The lowest BCUT2D eigenvalue weighted by atomic mass is 10.0. The van der Waals surface area contributed by atoms with Gasteiger partial charge in [-0.2, -0.15) is 0 Å². The largest absolute Gasteiger partial charge is 0.472 e. The lowest BCUT2D eigenvalue weighted by Gasteiger charge is -2.21. The summed E-state index contributed by atoms with van der Waals surface area (Å²) in [5.74, 6) is -0.651. The molecule has 0 bridgehead atoms. The average molecular weight is 1510 g/mol. The van der Waals surface area contributed by atoms with Crippen molar-refractivity contribution in [2.45, 2.75) is 464 Å². The third kappa shape index (κ3) is 78.0. The van der Waals surface area contributed by atoms with Crippen molar-refractivity contribution in [2.24, 2.45) is 11.8 Å². The Kier molecular flexibility index (Phi) is 74.1. The van der Waals surface area contributed by atoms with E-state index in [2.05, 4.69) is 41.5 Å². The molecule has 0 aromatic heterocycles. The van der Waals surface area contributed by atoms with E-state index < -0.39 is 97.5 Å². The average Bonchev–Trinajstić information content (AvgIpc) is 0.929. The van der Waals surface area contributed by atoms with Crippen molar-refractivity contribution >= 4 is 39.5 Å². The molecule has 0 heterocycles. The zero-order valence-corrected chi connectivity index (χ0v) is 69.4. The number of hydrogen-bond donors (Lipinski definition) is 3. The Hall–Kier alpha value is -1.94. The number of phosphoric acid groups is 2. The van der Waals surface area contributed by atoms with E-state index in [9.17, 15) is 43.2 Å². The highest BCUT2D eigenvalue weighted by Gasteiger charge is 2.30. The van der Waals surface area contributed by atoms with Crippen LogP contribution >= 0.6 is 15.6 Å². The van der Waals surface area contributed by atoms with E-state index >= 15 is 0 Å². The van der Waals surface area contributed by atoms with E-state index in [-0.39, 0.29) is 25.7 Å². The number of rotatable bonds is 83. The van der Waals surface area contributed by atoms with E-state index in [1.807, 2.05) is 0 Å². The highest BCUT2D eigenvalue weighted by atomic mass is 31.2. The van der Waals surface area contributed by atoms with Crippen LogP contribution in [-0.2, 0) is 65.4 Å². The summed E-state index contributed by atoms with van der Waals surface area (Å²) in [5, 5.41) is 10.7. The van der Waals surface area contributed by atoms with Crippen LogP contribution < -0.4 is 0 Å². The molecule has 0 fully saturated rings. The molecular weight excluding hydrogens is 1340 g/mol. The summed E-state index contributed by atoms with van der Waals surface area (Å²) in [6, 6.07) is 0. The summed E-state index contributed by atoms with van der Waals surface area (Å²) in [6.07, 6.45) is 66.9. The van der Waals surface area contributed by atoms with Crippen molar-refractivity contribution in [1.29, 1.82) is 0 Å². The summed E-state index contributed by atoms with van der Waals surface area (Å²) in [5.41, 5.74) is 0. The van der Waals surface area contributed by atoms with Gasteiger partial charge >= 0.3 is 39.5 Å². The summed E-state index contributed by atoms with van der Waals surface area (Å²) in [6.45, 7) is 9.58. The lowest BCUT2D eigenvalue weighted by molar-refractivity contribution is -0.161. The highest BCUT2D eigenvalue weighted by Crippen LogP contribution is 2.45. The van der Waals surface area contributed by atoms with Crippen molar-refractivity contribution in [2.75, 3.05) is 39.6 Å². The number of carbonyl (C=O) groups is 4. The molecule has 5 atom stereocenters. The smallest absolute Gasteiger partial charge is 0.462 e. The number of ether oxygens (including phenoxy) is 4. The molecular formula is C84H164O17P2. The number of hydrogen-bond acceptors (Lipinski definition) is 15. The molecule has 0 aliphatic carbocycles. The standard InChI is InChI=1S/C84H164O17P2/c1-7-9-11-13-15-17-19-21-23-25-27-28-30-32-34-36-38-43-49-56-62-68-83(88)100-79(72-94-81(86)66-60-54-48-42-37-35-33-31-29-26-24-22-20-18-16-14-12-10-8-2)74-98-102(90,91)96-70-78(85)71-97-103(92,93)99-75-80(73-95-82(87)67-61-55-51-45-47-53-59-65-77(5)6)101-84(89)69-63-57-50-44-40-39-41-46-52-58-64-76(3)4/h76-80,85H,7-75H2,1-6H3,(H,90,91)(H,92,93)/t78-,79-,80-/m1/s1. The molecule has 0 amide bonds. The number of aliphatic hydroxyl groups is 1. The topological polar surface area (TPSA) is 237 Å². The number of phosphoric ester groups is 2. The van der Waals surface area contributed by atoms with Crippen LogP contribution in [0.4, 0.5) is 0 Å². The van der Waals surface area contributed by atoms with Gasteiger partial charge in [-0.15, -0.1) is 0 Å². The molecule has 612 valence electrons. The zero-order valence-electron chi connectivity index (χ0n) is 67.6. The van der Waals surface area contributed by atoms with E-state index in [1.54, 1.807) is 0 Å². The summed E-state index contributed by atoms with van der Waals surface area (Å²) < 4.78 is 68.8. The molecule has 0 aromatic carbocycles. The van der Waals surface area contributed by atoms with Crippen LogP contribution in [0.2, 0.25) is 0 Å². The van der Waals surface area contributed by atoms with E-state index in [0.717, 1.165) is 102 Å². The maximum absolute atomic E-state index is 13.1. The van der Waals surface area contributed by atoms with Gasteiger partial charge in [-0.3, -0.25) is 37.3 Å². The fraction of sp³-hybridized carbons (Fsp3) is 0.952. The van der Waals surface area contributed by atoms with Crippen molar-refractivity contribution in [3.63, 3.8) is 0 Å². The number of carbonyl (C=O) groups excluding carboxylic acids is 4. The second kappa shape index (κ2) is 75.5. The minimum Gasteiger partial charge on any atom is -0.462 e. The fourth-order valence-corrected chi connectivity index (χ4v) is 14.6. The van der Waals surface area contributed by atoms with Crippen molar-refractivity contribution in [3.8, 4) is 0 Å². The van der Waals surface area contributed by atoms with Crippen molar-refractivity contribution < 1.29 is 80.2 Å². The molecule has 0 saturated carbocycles. The molecule has 19 heteroatoms. The summed E-state index contributed by atoms with van der Waals surface area (Å²) in [7, 11) is -9.92. The van der Waals surface area contributed by atoms with Crippen molar-refractivity contribution in [1.82, 2.24) is 0 Å². The first-order valence-electron chi connectivity index (χ1n) is 43.5. The van der Waals surface area contributed by atoms with Crippen LogP contribution in [0.5, 0.6) is 0 Å². The molecule has 3 N–H and O–H groups in total. The van der Waals surface area contributed by atoms with Gasteiger partial charge in [0.2, 0.25) is 0 Å². The van der Waals surface area contributed by atoms with Gasteiger partial charge in [0.05, 0.1) is 26.4 Å². The van der Waals surface area contributed by atoms with Gasteiger partial charge in [0, 0.05) is 25.7 Å². The maximum atomic E-state index is 13.1. The molecule has 0 radical (unpaired) electrons. The van der Waals surface area contributed by atoms with Gasteiger partial charge in [-0.1, -0.05) is 395 Å². The maximum Gasteiger partial charge on any atom is 0.472 e. The minimum atomic E-state index is -4.96. The van der Waals surface area contributed by atoms with E-state index in [0.29, 0.717) is 31.6 Å². The van der Waals surface area contributed by atoms with Crippen LogP contribution in [-0.4, -0.2) is 96.7 Å². The second-order valence-corrected chi connectivity index (χ2v) is 34.1. The molecule has 17 nitrogen and oxygen atoms in total. The Bertz CT molecular complexity index is 1980. The Labute approximate surface area is 632 Å². The van der Waals surface area contributed by atoms with Gasteiger partial charge in [0.25, 0.3) is 0 Å². The first-order chi connectivity index (χ1) is 49.9. The summed E-state index contributed by atoms with van der Waals surface area (Å²) >= 11 is 0. The lowest BCUT2D eigenvalue weighted by Crippen LogP contribution is -2.30. The molecule has 0 aliphatic rings. The minimum absolute atomic E-state index is 0.105. The molecule has 2 unspecified atom stereocenters. The molecule has 0 spiro atoms. The van der Waals surface area contributed by atoms with E-state index in [4.69, 9.17) is 37.0 Å². The van der Waals surface area contributed by atoms with Crippen LogP contribution in [0, 0.1) is 11.8 Å². The molecule has 0 aromatic rings. The van der Waals surface area contributed by atoms with Gasteiger partial charge in [0.1, 0.15) is 19.3 Å². The van der Waals surface area contributed by atoms with Crippen LogP contribution in [0.25, 0.3) is 0 Å². The monoisotopic (exact) mass is 1510 g/mol. The zero-order chi connectivity index (χ0) is 75.6. The quantitative estimate of drug-likeness (QED) is 0.0222. The van der Waals surface area contributed by atoms with Crippen molar-refractivity contribution in [3.05, 3.63) is 0 Å². The highest BCUT2D eigenvalue weighted by molar-refractivity contribution is 7.47. The molecule has 0 rings (SSSR count). The number of unbranched alkanes of at least 4 members (excludes halogenated alkanes) is 53. The second-order valence-electron chi connectivity index (χ2n) is 31.2. The molecule has 103 heavy (non-hydrogen) atoms. The Morgan fingerprint density at radius 2 is 0.447 bits per heavy atom. The van der Waals surface area contributed by atoms with Gasteiger partial charge < -0.3 is 33.8 Å². The normalized spacial score (nSPS) is 13.9. The third-order valence-corrected chi connectivity index (χ3v) is 21.6. The van der Waals surface area contributed by atoms with Gasteiger partial charge in [-0.25, -0.2) is 9.13 Å². The number of aliphatic hydroxyl groups excluding tert-OH is 1. The molecule has 0 aliphatic heterocycles. The predicted molar refractivity (Wildman–Crippen MR) is 423 cm³/mol. The Balaban J connectivity index is 5.21. The predicted octanol–water partition coefficient (Wildman–Crippen LogP) is 25.5. The molecule has 0 saturated heterocycles. The first-order valence-corrected chi connectivity index (χ1v) is 46.5. The van der Waals surface area contributed by atoms with Crippen LogP contribution in [0.15, 0.2) is 0 Å². The Morgan fingerprint density at radius 1 is 0.262 bits per heavy atom. The fourth-order valence-electron chi connectivity index (χ4n) is 13.1. The Morgan fingerprint density at radius 3 is 0.660 bits per heavy atom. The van der Waals surface area contributed by atoms with E-state index in [1.165, 1.54) is 257 Å². The summed E-state index contributed by atoms with van der Waals surface area (Å²) in [4.78, 5) is 73.1. The van der Waals surface area contributed by atoms with Gasteiger partial charge in [0.15, 0.2) is 12.2 Å². The van der Waals surface area contributed by atoms with Gasteiger partial charge in [-0.05, 0) is 37.5 Å². The van der Waals surface area contributed by atoms with Crippen LogP contribution in [0.1, 0.15) is 446 Å². The third-order valence-electron chi connectivity index (χ3n) is 19.7. The SMILES string of the molecule is CCCCCCCCCCCCCCCCCCCCCCCC(=O)O[C@H](COC(=O)CCCCCCCCCCCCCCCCCCCCC)COP(=O)(O)OC[C@@H](O)COP(=O)(O)OC[C@@H](COC(=O)CCCCCCCCCC(C)C)OC(=O)CCCCCCCCCCCCC(C)C.